The number of hydrogen-bond donors (Lipinski definition) is 4. The smallest absolute Gasteiger partial charge is 0.196 e. The summed E-state index contributed by atoms with van der Waals surface area (Å²) >= 11 is 5.70. The highest BCUT2D eigenvalue weighted by Crippen LogP contribution is 2.36. The Morgan fingerprint density at radius 2 is 1.33 bits per heavy atom. The zero-order valence-electron chi connectivity index (χ0n) is 18.5. The van der Waals surface area contributed by atoms with E-state index in [0.29, 0.717) is 29.0 Å². The summed E-state index contributed by atoms with van der Waals surface area (Å²) in [5, 5.41) is 26.7. The number of carbonyl (C=O) groups is 2. The lowest BCUT2D eigenvalue weighted by Crippen LogP contribution is -2.39. The highest BCUT2D eigenvalue weighted by atomic mass is 35.5. The number of rotatable bonds is 9. The number of β-amino-alcohol motifs (C(OH)–C–C–N with tert-alkyl or cyclic N) is 1. The standard InChI is InChI=1S/C25H30ClN3O4/c26-12-16(30)13-27-20-8-9-21(28-14-17(31)15-29-10-4-1-5-11-29)23-22(20)24(32)18-6-2-3-7-19(18)25(23)33/h2-3,6-9,16-17,27-28,30-31H,1,4-5,10-15H2/t16-,17+/m1/s1. The molecule has 176 valence electrons. The molecule has 8 heteroatoms. The molecule has 1 aliphatic heterocycles. The summed E-state index contributed by atoms with van der Waals surface area (Å²) in [6, 6.07) is 10.2. The van der Waals surface area contributed by atoms with Gasteiger partial charge < -0.3 is 25.7 Å². The Bertz CT molecular complexity index is 1020. The first-order chi connectivity index (χ1) is 16.0. The lowest BCUT2D eigenvalue weighted by atomic mass is 9.82. The Morgan fingerprint density at radius 3 is 1.85 bits per heavy atom. The zero-order chi connectivity index (χ0) is 23.4. The molecule has 0 bridgehead atoms. The van der Waals surface area contributed by atoms with E-state index in [2.05, 4.69) is 15.5 Å². The van der Waals surface area contributed by atoms with Gasteiger partial charge >= 0.3 is 0 Å². The third kappa shape index (κ3) is 5.22. The van der Waals surface area contributed by atoms with Crippen LogP contribution in [-0.2, 0) is 0 Å². The van der Waals surface area contributed by atoms with Gasteiger partial charge in [0.1, 0.15) is 0 Å². The van der Waals surface area contributed by atoms with Crippen molar-refractivity contribution < 1.29 is 19.8 Å². The summed E-state index contributed by atoms with van der Waals surface area (Å²) in [5.74, 6) is -0.435. The molecular formula is C25H30ClN3O4. The summed E-state index contributed by atoms with van der Waals surface area (Å²) in [6.45, 7) is 2.97. The molecule has 0 amide bonds. The predicted octanol–water partition coefficient (Wildman–Crippen LogP) is 2.73. The molecule has 0 radical (unpaired) electrons. The third-order valence-electron chi connectivity index (χ3n) is 6.23. The van der Waals surface area contributed by atoms with Crippen LogP contribution in [0.5, 0.6) is 0 Å². The Morgan fingerprint density at radius 1 is 0.818 bits per heavy atom. The molecule has 2 aliphatic rings. The van der Waals surface area contributed by atoms with E-state index in [1.165, 1.54) is 6.42 Å². The van der Waals surface area contributed by atoms with Gasteiger partial charge in [0.05, 0.1) is 29.2 Å². The lowest BCUT2D eigenvalue weighted by Gasteiger charge is -2.29. The topological polar surface area (TPSA) is 102 Å². The minimum absolute atomic E-state index is 0.0550. The number of alkyl halides is 1. The van der Waals surface area contributed by atoms with Crippen LogP contribution < -0.4 is 10.6 Å². The SMILES string of the molecule is O=C1c2ccccc2C(=O)c2c(NC[C@H](O)CN3CCCCC3)ccc(NC[C@H](O)CCl)c21. The van der Waals surface area contributed by atoms with Crippen LogP contribution in [-0.4, -0.2) is 77.5 Å². The summed E-state index contributed by atoms with van der Waals surface area (Å²) in [5.41, 5.74) is 2.27. The van der Waals surface area contributed by atoms with Gasteiger partial charge in [-0.1, -0.05) is 30.7 Å². The first-order valence-electron chi connectivity index (χ1n) is 11.5. The molecule has 0 unspecified atom stereocenters. The van der Waals surface area contributed by atoms with Gasteiger partial charge in [0.25, 0.3) is 0 Å². The molecule has 1 fully saturated rings. The molecule has 33 heavy (non-hydrogen) atoms. The van der Waals surface area contributed by atoms with Crippen molar-refractivity contribution in [2.75, 3.05) is 49.2 Å². The van der Waals surface area contributed by atoms with E-state index < -0.39 is 12.2 Å². The number of aliphatic hydroxyl groups is 2. The van der Waals surface area contributed by atoms with Gasteiger partial charge in [0.2, 0.25) is 0 Å². The van der Waals surface area contributed by atoms with E-state index in [1.807, 2.05) is 0 Å². The van der Waals surface area contributed by atoms with Crippen molar-refractivity contribution in [3.8, 4) is 0 Å². The van der Waals surface area contributed by atoms with Crippen molar-refractivity contribution >= 4 is 34.5 Å². The molecule has 2 atom stereocenters. The summed E-state index contributed by atoms with van der Waals surface area (Å²) in [4.78, 5) is 29.1. The molecule has 2 aromatic carbocycles. The van der Waals surface area contributed by atoms with E-state index in [-0.39, 0.29) is 41.7 Å². The van der Waals surface area contributed by atoms with Crippen molar-refractivity contribution in [2.24, 2.45) is 0 Å². The van der Waals surface area contributed by atoms with Gasteiger partial charge in [-0.2, -0.15) is 0 Å². The molecule has 4 N–H and O–H groups in total. The van der Waals surface area contributed by atoms with Crippen LogP contribution in [0, 0.1) is 0 Å². The average Bonchev–Trinajstić information content (AvgIpc) is 2.85. The van der Waals surface area contributed by atoms with Gasteiger partial charge in [-0.3, -0.25) is 9.59 Å². The number of nitrogens with zero attached hydrogens (tertiary/aromatic N) is 1. The van der Waals surface area contributed by atoms with Crippen molar-refractivity contribution in [2.45, 2.75) is 31.5 Å². The number of nitrogens with one attached hydrogen (secondary N) is 2. The van der Waals surface area contributed by atoms with Gasteiger partial charge in [-0.25, -0.2) is 0 Å². The number of ketones is 2. The number of benzene rings is 2. The molecule has 1 saturated heterocycles. The van der Waals surface area contributed by atoms with Crippen LogP contribution in [0.2, 0.25) is 0 Å². The van der Waals surface area contributed by atoms with Crippen LogP contribution in [0.1, 0.15) is 51.1 Å². The van der Waals surface area contributed by atoms with Crippen molar-refractivity contribution in [1.82, 2.24) is 4.90 Å². The number of piperidine rings is 1. The molecule has 0 spiro atoms. The average molecular weight is 472 g/mol. The van der Waals surface area contributed by atoms with Gasteiger partial charge in [0, 0.05) is 42.1 Å². The number of fused-ring (bicyclic) bond motifs is 2. The van der Waals surface area contributed by atoms with Crippen molar-refractivity contribution in [3.05, 3.63) is 58.7 Å². The minimum atomic E-state index is -0.785. The molecule has 1 aliphatic carbocycles. The monoisotopic (exact) mass is 471 g/mol. The van der Waals surface area contributed by atoms with E-state index in [9.17, 15) is 19.8 Å². The number of halogens is 1. The molecule has 4 rings (SSSR count). The first-order valence-corrected chi connectivity index (χ1v) is 12.0. The summed E-state index contributed by atoms with van der Waals surface area (Å²) < 4.78 is 0. The van der Waals surface area contributed by atoms with Crippen molar-refractivity contribution in [3.63, 3.8) is 0 Å². The fourth-order valence-electron chi connectivity index (χ4n) is 4.53. The zero-order valence-corrected chi connectivity index (χ0v) is 19.3. The summed E-state index contributed by atoms with van der Waals surface area (Å²) in [6.07, 6.45) is 2.15. The predicted molar refractivity (Wildman–Crippen MR) is 130 cm³/mol. The maximum Gasteiger partial charge on any atom is 0.196 e. The number of aliphatic hydroxyl groups excluding tert-OH is 2. The van der Waals surface area contributed by atoms with Gasteiger partial charge in [0.15, 0.2) is 11.6 Å². The van der Waals surface area contributed by atoms with Crippen molar-refractivity contribution in [1.29, 1.82) is 0 Å². The normalized spacial score (nSPS) is 17.8. The van der Waals surface area contributed by atoms with Crippen LogP contribution in [0.4, 0.5) is 11.4 Å². The Hall–Kier alpha value is -2.45. The molecule has 0 aromatic heterocycles. The second-order valence-electron chi connectivity index (χ2n) is 8.70. The second kappa shape index (κ2) is 10.7. The van der Waals surface area contributed by atoms with E-state index in [4.69, 9.17) is 11.6 Å². The van der Waals surface area contributed by atoms with Crippen LogP contribution in [0.15, 0.2) is 36.4 Å². The Balaban J connectivity index is 1.60. The number of carbonyl (C=O) groups excluding carboxylic acids is 2. The second-order valence-corrected chi connectivity index (χ2v) is 9.01. The van der Waals surface area contributed by atoms with Crippen LogP contribution in [0.25, 0.3) is 0 Å². The molecule has 2 aromatic rings. The van der Waals surface area contributed by atoms with E-state index in [0.717, 1.165) is 25.9 Å². The largest absolute Gasteiger partial charge is 0.390 e. The minimum Gasteiger partial charge on any atom is -0.390 e. The fourth-order valence-corrected chi connectivity index (χ4v) is 4.64. The van der Waals surface area contributed by atoms with E-state index in [1.54, 1.807) is 36.4 Å². The first kappa shape index (κ1) is 23.7. The number of hydrogen-bond acceptors (Lipinski definition) is 7. The molecule has 7 nitrogen and oxygen atoms in total. The lowest BCUT2D eigenvalue weighted by molar-refractivity contribution is 0.0979. The number of likely N-dealkylation sites (tertiary alicyclic amines) is 1. The number of anilines is 2. The molecule has 0 saturated carbocycles. The highest BCUT2D eigenvalue weighted by molar-refractivity contribution is 6.31. The Kier molecular flexibility index (Phi) is 7.65. The maximum absolute atomic E-state index is 13.4. The molecule has 1 heterocycles. The highest BCUT2D eigenvalue weighted by Gasteiger charge is 2.34. The van der Waals surface area contributed by atoms with Gasteiger partial charge in [-0.15, -0.1) is 11.6 Å². The fraction of sp³-hybridized carbons (Fsp3) is 0.440. The maximum atomic E-state index is 13.4. The van der Waals surface area contributed by atoms with E-state index >= 15 is 0 Å². The quantitative estimate of drug-likeness (QED) is 0.356. The van der Waals surface area contributed by atoms with Crippen LogP contribution in [0.3, 0.4) is 0 Å². The third-order valence-corrected chi connectivity index (χ3v) is 6.58. The molecular weight excluding hydrogens is 442 g/mol. The van der Waals surface area contributed by atoms with Crippen LogP contribution >= 0.6 is 11.6 Å². The summed E-state index contributed by atoms with van der Waals surface area (Å²) in [7, 11) is 0. The Labute approximate surface area is 198 Å². The van der Waals surface area contributed by atoms with Gasteiger partial charge in [-0.05, 0) is 38.1 Å².